The van der Waals surface area contributed by atoms with Crippen molar-refractivity contribution in [2.45, 2.75) is 6.42 Å². The number of primary amides is 1. The average Bonchev–Trinajstić information content (AvgIpc) is 2.42. The van der Waals surface area contributed by atoms with Crippen molar-refractivity contribution in [3.63, 3.8) is 0 Å². The molecule has 5 heteroatoms. The van der Waals surface area contributed by atoms with E-state index in [9.17, 15) is 4.79 Å². The van der Waals surface area contributed by atoms with Crippen LogP contribution >= 0.6 is 0 Å². The van der Waals surface area contributed by atoms with E-state index in [4.69, 9.17) is 16.2 Å². The molecule has 0 aliphatic carbocycles. The van der Waals surface area contributed by atoms with Crippen LogP contribution in [-0.4, -0.2) is 19.1 Å². The molecule has 5 N–H and O–H groups in total. The molecule has 1 aromatic rings. The largest absolute Gasteiger partial charge is 0.491 e. The molecular formula is C10H13N3O2. The highest BCUT2D eigenvalue weighted by molar-refractivity contribution is 5.96. The summed E-state index contributed by atoms with van der Waals surface area (Å²) in [5.41, 5.74) is 12.6. The first-order valence-corrected chi connectivity index (χ1v) is 4.78. The van der Waals surface area contributed by atoms with Gasteiger partial charge in [-0.1, -0.05) is 0 Å². The maximum Gasteiger partial charge on any atom is 0.248 e. The third kappa shape index (κ3) is 1.81. The van der Waals surface area contributed by atoms with Gasteiger partial charge >= 0.3 is 0 Å². The van der Waals surface area contributed by atoms with E-state index in [0.29, 0.717) is 23.6 Å². The summed E-state index contributed by atoms with van der Waals surface area (Å²) < 4.78 is 5.47. The molecule has 0 radical (unpaired) electrons. The smallest absolute Gasteiger partial charge is 0.248 e. The van der Waals surface area contributed by atoms with E-state index in [1.54, 1.807) is 12.1 Å². The van der Waals surface area contributed by atoms with E-state index in [0.717, 1.165) is 18.7 Å². The van der Waals surface area contributed by atoms with Gasteiger partial charge in [-0.2, -0.15) is 0 Å². The van der Waals surface area contributed by atoms with E-state index in [2.05, 4.69) is 5.32 Å². The minimum atomic E-state index is -0.502. The number of hydrogen-bond donors (Lipinski definition) is 3. The number of nitrogens with one attached hydrogen (secondary N) is 1. The van der Waals surface area contributed by atoms with Crippen molar-refractivity contribution < 1.29 is 9.53 Å². The molecule has 0 atom stereocenters. The molecule has 0 fully saturated rings. The fourth-order valence-electron chi connectivity index (χ4n) is 1.55. The summed E-state index contributed by atoms with van der Waals surface area (Å²) in [6, 6.07) is 3.18. The molecule has 0 saturated carbocycles. The Kier molecular flexibility index (Phi) is 2.37. The lowest BCUT2D eigenvalue weighted by atomic mass is 10.1. The lowest BCUT2D eigenvalue weighted by Crippen LogP contribution is -2.12. The first-order valence-electron chi connectivity index (χ1n) is 4.78. The van der Waals surface area contributed by atoms with Crippen LogP contribution in [0.4, 0.5) is 11.4 Å². The summed E-state index contributed by atoms with van der Waals surface area (Å²) in [6.07, 6.45) is 0.903. The zero-order valence-corrected chi connectivity index (χ0v) is 8.25. The second kappa shape index (κ2) is 3.68. The number of anilines is 2. The molecule has 80 valence electrons. The van der Waals surface area contributed by atoms with Gasteiger partial charge < -0.3 is 21.5 Å². The molecular weight excluding hydrogens is 194 g/mol. The van der Waals surface area contributed by atoms with E-state index in [1.165, 1.54) is 0 Å². The van der Waals surface area contributed by atoms with Crippen LogP contribution in [0.5, 0.6) is 5.75 Å². The molecule has 0 aromatic heterocycles. The van der Waals surface area contributed by atoms with E-state index in [1.807, 2.05) is 0 Å². The van der Waals surface area contributed by atoms with Gasteiger partial charge in [0, 0.05) is 12.1 Å². The number of carbonyl (C=O) groups is 1. The van der Waals surface area contributed by atoms with E-state index >= 15 is 0 Å². The fourth-order valence-corrected chi connectivity index (χ4v) is 1.55. The molecule has 0 saturated heterocycles. The van der Waals surface area contributed by atoms with Gasteiger partial charge in [0.2, 0.25) is 5.91 Å². The molecule has 2 rings (SSSR count). The van der Waals surface area contributed by atoms with Crippen molar-refractivity contribution in [3.05, 3.63) is 17.7 Å². The number of benzene rings is 1. The summed E-state index contributed by atoms with van der Waals surface area (Å²) in [4.78, 5) is 11.0. The van der Waals surface area contributed by atoms with Crippen LogP contribution in [0.15, 0.2) is 12.1 Å². The number of amides is 1. The Morgan fingerprint density at radius 1 is 1.47 bits per heavy atom. The summed E-state index contributed by atoms with van der Waals surface area (Å²) in [5.74, 6) is 0.0960. The van der Waals surface area contributed by atoms with Gasteiger partial charge in [0.15, 0.2) is 0 Å². The number of ether oxygens (including phenoxy) is 1. The standard InChI is InChI=1S/C10H13N3O2/c11-7-4-6(10(12)14)5-8-9(7)13-2-1-3-15-8/h4-5,13H,1-3,11H2,(H2,12,14). The van der Waals surface area contributed by atoms with Gasteiger partial charge in [-0.05, 0) is 18.6 Å². The Balaban J connectivity index is 2.48. The predicted molar refractivity (Wildman–Crippen MR) is 58.0 cm³/mol. The molecule has 5 nitrogen and oxygen atoms in total. The summed E-state index contributed by atoms with van der Waals surface area (Å²) in [7, 11) is 0. The number of carbonyl (C=O) groups excluding carboxylic acids is 1. The minimum absolute atomic E-state index is 0.370. The third-order valence-corrected chi connectivity index (χ3v) is 2.30. The molecule has 0 spiro atoms. The Labute approximate surface area is 87.4 Å². The van der Waals surface area contributed by atoms with Crippen LogP contribution in [0.1, 0.15) is 16.8 Å². The third-order valence-electron chi connectivity index (χ3n) is 2.30. The molecule has 1 aliphatic heterocycles. The maximum absolute atomic E-state index is 11.0. The molecule has 0 bridgehead atoms. The highest BCUT2D eigenvalue weighted by atomic mass is 16.5. The lowest BCUT2D eigenvalue weighted by Gasteiger charge is -2.11. The van der Waals surface area contributed by atoms with Crippen molar-refractivity contribution in [2.24, 2.45) is 5.73 Å². The van der Waals surface area contributed by atoms with Crippen molar-refractivity contribution in [1.82, 2.24) is 0 Å². The van der Waals surface area contributed by atoms with Gasteiger partial charge in [-0.25, -0.2) is 0 Å². The molecule has 0 unspecified atom stereocenters. The van der Waals surface area contributed by atoms with Crippen molar-refractivity contribution >= 4 is 17.3 Å². The molecule has 1 heterocycles. The highest BCUT2D eigenvalue weighted by Crippen LogP contribution is 2.33. The van der Waals surface area contributed by atoms with E-state index in [-0.39, 0.29) is 0 Å². The Bertz CT molecular complexity index is 404. The Morgan fingerprint density at radius 3 is 3.00 bits per heavy atom. The SMILES string of the molecule is NC(=O)c1cc(N)c2c(c1)OCCCN2. The van der Waals surface area contributed by atoms with Crippen LogP contribution < -0.4 is 21.5 Å². The van der Waals surface area contributed by atoms with Gasteiger partial charge in [-0.15, -0.1) is 0 Å². The van der Waals surface area contributed by atoms with Gasteiger partial charge in [0.05, 0.1) is 12.3 Å². The first kappa shape index (κ1) is 9.64. The summed E-state index contributed by atoms with van der Waals surface area (Å²) in [5, 5.41) is 3.16. The minimum Gasteiger partial charge on any atom is -0.491 e. The fraction of sp³-hybridized carbons (Fsp3) is 0.300. The van der Waals surface area contributed by atoms with Gasteiger partial charge in [0.25, 0.3) is 0 Å². The van der Waals surface area contributed by atoms with Crippen LogP contribution in [-0.2, 0) is 0 Å². The quantitative estimate of drug-likeness (QED) is 0.587. The number of rotatable bonds is 1. The molecule has 1 aromatic carbocycles. The van der Waals surface area contributed by atoms with Crippen molar-refractivity contribution in [2.75, 3.05) is 24.2 Å². The number of hydrogen-bond acceptors (Lipinski definition) is 4. The zero-order chi connectivity index (χ0) is 10.8. The number of nitrogen functional groups attached to an aromatic ring is 1. The monoisotopic (exact) mass is 207 g/mol. The Morgan fingerprint density at radius 2 is 2.27 bits per heavy atom. The maximum atomic E-state index is 11.0. The van der Waals surface area contributed by atoms with E-state index < -0.39 is 5.91 Å². The summed E-state index contributed by atoms with van der Waals surface area (Å²) in [6.45, 7) is 1.43. The molecule has 15 heavy (non-hydrogen) atoms. The Hall–Kier alpha value is -1.91. The average molecular weight is 207 g/mol. The van der Waals surface area contributed by atoms with Crippen molar-refractivity contribution in [3.8, 4) is 5.75 Å². The zero-order valence-electron chi connectivity index (χ0n) is 8.25. The topological polar surface area (TPSA) is 90.4 Å². The predicted octanol–water partition coefficient (Wildman–Crippen LogP) is 0.562. The van der Waals surface area contributed by atoms with Gasteiger partial charge in [0.1, 0.15) is 11.4 Å². The number of nitrogens with two attached hydrogens (primary N) is 2. The highest BCUT2D eigenvalue weighted by Gasteiger charge is 2.14. The van der Waals surface area contributed by atoms with Crippen LogP contribution in [0.25, 0.3) is 0 Å². The normalized spacial score (nSPS) is 14.4. The first-order chi connectivity index (χ1) is 7.18. The molecule has 1 aliphatic rings. The second-order valence-corrected chi connectivity index (χ2v) is 3.43. The van der Waals surface area contributed by atoms with Crippen LogP contribution in [0.3, 0.4) is 0 Å². The van der Waals surface area contributed by atoms with Crippen LogP contribution in [0.2, 0.25) is 0 Å². The van der Waals surface area contributed by atoms with Crippen molar-refractivity contribution in [1.29, 1.82) is 0 Å². The summed E-state index contributed by atoms with van der Waals surface area (Å²) >= 11 is 0. The van der Waals surface area contributed by atoms with Crippen LogP contribution in [0, 0.1) is 0 Å². The molecule has 1 amide bonds. The lowest BCUT2D eigenvalue weighted by molar-refractivity contribution is 0.1000. The second-order valence-electron chi connectivity index (χ2n) is 3.43. The number of fused-ring (bicyclic) bond motifs is 1. The van der Waals surface area contributed by atoms with Gasteiger partial charge in [-0.3, -0.25) is 4.79 Å².